The standard InChI is InChI=1S/C26H26N4O/c1-24(2)13-18-10-15-6-7-16-11-22-25(3,4)14-20-23(31-5)19-9-8-17-12-21(24)29(18)26(27(15)16,28(17)19)30(20)22/h6-12H,13-14H2,1-5H3/q+2. The SMILES string of the molecule is COC1=C2CC(C)(C)C3=[N+]2C24n5c(ccc51)C=C1[N+]2=C(C=c2ccc(n24)=C3)CC1(C)C. The average molecular weight is 411 g/mol. The van der Waals surface area contributed by atoms with Crippen LogP contribution in [-0.2, 0) is 10.6 Å². The van der Waals surface area contributed by atoms with Crippen LogP contribution in [0.3, 0.4) is 0 Å². The van der Waals surface area contributed by atoms with Gasteiger partial charge in [0.1, 0.15) is 5.69 Å². The molecule has 5 nitrogen and oxygen atoms in total. The Labute approximate surface area is 180 Å². The van der Waals surface area contributed by atoms with Crippen LogP contribution in [0.5, 0.6) is 0 Å². The fourth-order valence-electron chi connectivity index (χ4n) is 7.17. The van der Waals surface area contributed by atoms with E-state index in [2.05, 4.69) is 88.5 Å². The van der Waals surface area contributed by atoms with Crippen molar-refractivity contribution in [3.63, 3.8) is 0 Å². The molecule has 2 aromatic rings. The lowest BCUT2D eigenvalue weighted by Gasteiger charge is -2.39. The van der Waals surface area contributed by atoms with Crippen molar-refractivity contribution in [2.45, 2.75) is 46.4 Å². The minimum absolute atomic E-state index is 0.0334. The molecule has 0 N–H and O–H groups in total. The van der Waals surface area contributed by atoms with E-state index in [-0.39, 0.29) is 10.8 Å². The van der Waals surface area contributed by atoms with Gasteiger partial charge in [-0.3, -0.25) is 0 Å². The summed E-state index contributed by atoms with van der Waals surface area (Å²) in [6.45, 7) is 9.52. The number of methoxy groups -OCH3 is 1. The lowest BCUT2D eigenvalue weighted by molar-refractivity contribution is -0.838. The first-order valence-electron chi connectivity index (χ1n) is 11.3. The molecule has 31 heavy (non-hydrogen) atoms. The number of hydrogen-bond acceptors (Lipinski definition) is 1. The second-order valence-corrected chi connectivity index (χ2v) is 11.1. The highest BCUT2D eigenvalue weighted by atomic mass is 16.5. The molecule has 8 rings (SSSR count). The van der Waals surface area contributed by atoms with E-state index in [9.17, 15) is 0 Å². The monoisotopic (exact) mass is 410 g/mol. The smallest absolute Gasteiger partial charge is 0.489 e. The Bertz CT molecular complexity index is 1560. The van der Waals surface area contributed by atoms with E-state index in [1.165, 1.54) is 44.9 Å². The number of aromatic nitrogens is 2. The summed E-state index contributed by atoms with van der Waals surface area (Å²) in [5, 5.41) is 2.56. The predicted octanol–water partition coefficient (Wildman–Crippen LogP) is 2.44. The maximum absolute atomic E-state index is 6.11. The summed E-state index contributed by atoms with van der Waals surface area (Å²) >= 11 is 0. The molecule has 2 aromatic heterocycles. The molecule has 0 saturated carbocycles. The third-order valence-corrected chi connectivity index (χ3v) is 8.29. The van der Waals surface area contributed by atoms with Crippen molar-refractivity contribution in [3.05, 3.63) is 57.7 Å². The van der Waals surface area contributed by atoms with E-state index in [0.29, 0.717) is 0 Å². The molecule has 0 amide bonds. The van der Waals surface area contributed by atoms with Crippen molar-refractivity contribution < 1.29 is 13.9 Å². The Morgan fingerprint density at radius 2 is 1.61 bits per heavy atom. The van der Waals surface area contributed by atoms with E-state index in [4.69, 9.17) is 4.74 Å². The van der Waals surface area contributed by atoms with Gasteiger partial charge in [0, 0.05) is 24.6 Å². The van der Waals surface area contributed by atoms with Crippen LogP contribution in [0.2, 0.25) is 0 Å². The summed E-state index contributed by atoms with van der Waals surface area (Å²) in [5.74, 6) is 0.524. The molecule has 0 fully saturated rings. The van der Waals surface area contributed by atoms with Crippen molar-refractivity contribution >= 4 is 35.4 Å². The summed E-state index contributed by atoms with van der Waals surface area (Å²) < 4.78 is 16.4. The van der Waals surface area contributed by atoms with Crippen molar-refractivity contribution in [1.29, 1.82) is 0 Å². The molecule has 6 aliphatic rings. The van der Waals surface area contributed by atoms with E-state index >= 15 is 0 Å². The first-order chi connectivity index (χ1) is 14.8. The zero-order chi connectivity index (χ0) is 21.1. The van der Waals surface area contributed by atoms with Crippen LogP contribution in [0.25, 0.3) is 24.0 Å². The third-order valence-electron chi connectivity index (χ3n) is 8.29. The second-order valence-electron chi connectivity index (χ2n) is 11.1. The molecule has 6 aliphatic heterocycles. The first-order valence-corrected chi connectivity index (χ1v) is 11.3. The van der Waals surface area contributed by atoms with Gasteiger partial charge in [-0.05, 0) is 52.0 Å². The van der Waals surface area contributed by atoms with Crippen LogP contribution in [0, 0.1) is 10.8 Å². The van der Waals surface area contributed by atoms with Crippen molar-refractivity contribution in [2.24, 2.45) is 10.8 Å². The fourth-order valence-corrected chi connectivity index (χ4v) is 7.17. The van der Waals surface area contributed by atoms with Crippen molar-refractivity contribution in [2.75, 3.05) is 7.11 Å². The van der Waals surface area contributed by atoms with E-state index in [1.807, 2.05) is 7.11 Å². The predicted molar refractivity (Wildman–Crippen MR) is 120 cm³/mol. The molecule has 5 heteroatoms. The summed E-state index contributed by atoms with van der Waals surface area (Å²) in [4.78, 5) is 0. The molecule has 1 spiro atoms. The first kappa shape index (κ1) is 16.6. The summed E-state index contributed by atoms with van der Waals surface area (Å²) in [7, 11) is 1.82. The molecule has 1 atom stereocenters. The van der Waals surface area contributed by atoms with E-state index in [0.717, 1.165) is 18.6 Å². The topological polar surface area (TPSA) is 25.1 Å². The highest BCUT2D eigenvalue weighted by Gasteiger charge is 2.75. The molecular formula is C26H26N4O+2. The maximum atomic E-state index is 6.11. The maximum Gasteiger partial charge on any atom is 0.552 e. The normalized spacial score (nSPS) is 28.9. The van der Waals surface area contributed by atoms with Gasteiger partial charge in [0.2, 0.25) is 22.9 Å². The Hall–Kier alpha value is -3.08. The molecule has 0 radical (unpaired) electrons. The van der Waals surface area contributed by atoms with Crippen molar-refractivity contribution in [3.8, 4) is 0 Å². The van der Waals surface area contributed by atoms with E-state index in [1.54, 1.807) is 0 Å². The number of rotatable bonds is 1. The average Bonchev–Trinajstić information content (AvgIpc) is 3.43. The number of allylic oxidation sites excluding steroid dienone is 2. The molecule has 0 aromatic carbocycles. The van der Waals surface area contributed by atoms with Gasteiger partial charge < -0.3 is 4.74 Å². The van der Waals surface area contributed by atoms with Crippen LogP contribution in [0.15, 0.2) is 35.7 Å². The lowest BCUT2D eigenvalue weighted by atomic mass is 9.85. The number of hydrogen-bond donors (Lipinski definition) is 0. The highest BCUT2D eigenvalue weighted by Crippen LogP contribution is 2.55. The molecule has 0 saturated heterocycles. The third kappa shape index (κ3) is 1.46. The largest absolute Gasteiger partial charge is 0.552 e. The number of nitrogens with zero attached hydrogens (tertiary/aromatic N) is 4. The second kappa shape index (κ2) is 4.43. The molecule has 1 unspecified atom stereocenters. The van der Waals surface area contributed by atoms with Gasteiger partial charge in [0.05, 0.1) is 40.8 Å². The van der Waals surface area contributed by atoms with Crippen LogP contribution in [0.4, 0.5) is 0 Å². The van der Waals surface area contributed by atoms with Crippen molar-refractivity contribution in [1.82, 2.24) is 9.13 Å². The zero-order valence-electron chi connectivity index (χ0n) is 18.7. The molecular weight excluding hydrogens is 384 g/mol. The summed E-state index contributed by atoms with van der Waals surface area (Å²) in [5.41, 5.74) is 8.04. The van der Waals surface area contributed by atoms with Crippen LogP contribution in [-0.4, -0.2) is 36.8 Å². The highest BCUT2D eigenvalue weighted by molar-refractivity contribution is 6.12. The van der Waals surface area contributed by atoms with Crippen LogP contribution >= 0.6 is 0 Å². The Morgan fingerprint density at radius 1 is 0.839 bits per heavy atom. The molecule has 0 bridgehead atoms. The van der Waals surface area contributed by atoms with Gasteiger partial charge in [-0.2, -0.15) is 9.13 Å². The van der Waals surface area contributed by atoms with Crippen LogP contribution in [0.1, 0.15) is 51.9 Å². The quantitative estimate of drug-likeness (QED) is 0.663. The zero-order valence-corrected chi connectivity index (χ0v) is 18.7. The summed E-state index contributed by atoms with van der Waals surface area (Å²) in [6.07, 6.45) is 9.23. The minimum atomic E-state index is -0.487. The van der Waals surface area contributed by atoms with Gasteiger partial charge in [0.25, 0.3) is 0 Å². The van der Waals surface area contributed by atoms with E-state index < -0.39 is 5.91 Å². The van der Waals surface area contributed by atoms with Gasteiger partial charge in [-0.1, -0.05) is 9.15 Å². The molecule has 154 valence electrons. The Morgan fingerprint density at radius 3 is 2.39 bits per heavy atom. The summed E-state index contributed by atoms with van der Waals surface area (Å²) in [6, 6.07) is 9.11. The Kier molecular flexibility index (Phi) is 2.37. The minimum Gasteiger partial charge on any atom is -0.489 e. The Balaban J connectivity index is 1.70. The van der Waals surface area contributed by atoms with Crippen LogP contribution < -0.4 is 10.7 Å². The lowest BCUT2D eigenvalue weighted by Crippen LogP contribution is -2.70. The molecule has 0 aliphatic carbocycles. The van der Waals surface area contributed by atoms with Gasteiger partial charge in [0.15, 0.2) is 5.71 Å². The van der Waals surface area contributed by atoms with Gasteiger partial charge >= 0.3 is 5.91 Å². The van der Waals surface area contributed by atoms with Gasteiger partial charge in [-0.15, -0.1) is 0 Å². The fraction of sp³-hybridized carbons (Fsp3) is 0.385. The number of ether oxygens (including phenoxy) is 1. The molecule has 8 heterocycles. The van der Waals surface area contributed by atoms with Gasteiger partial charge in [-0.25, -0.2) is 0 Å².